The van der Waals surface area contributed by atoms with Crippen molar-refractivity contribution in [1.82, 2.24) is 5.73 Å². The van der Waals surface area contributed by atoms with E-state index >= 15 is 0 Å². The van der Waals surface area contributed by atoms with E-state index in [1.54, 1.807) is 6.07 Å². The molecule has 0 unspecified atom stereocenters. The average Bonchev–Trinajstić information content (AvgIpc) is 2.27. The quantitative estimate of drug-likeness (QED) is 0.799. The minimum atomic E-state index is -0.838. The Labute approximate surface area is 87.7 Å². The highest BCUT2D eigenvalue weighted by molar-refractivity contribution is 5.86. The maximum Gasteiger partial charge on any atom is 0.259 e. The van der Waals surface area contributed by atoms with Gasteiger partial charge in [-0.2, -0.15) is 0 Å². The molecule has 3 N–H and O–H groups in total. The second-order valence-corrected chi connectivity index (χ2v) is 3.45. The number of fused-ring (bicyclic) bond motifs is 1. The van der Waals surface area contributed by atoms with Crippen LogP contribution >= 0.6 is 0 Å². The molecule has 0 saturated heterocycles. The molecule has 1 atom stereocenters. The van der Waals surface area contributed by atoms with Crippen LogP contribution in [0.1, 0.15) is 11.6 Å². The van der Waals surface area contributed by atoms with Gasteiger partial charge in [-0.3, -0.25) is 10.5 Å². The second-order valence-electron chi connectivity index (χ2n) is 3.45. The van der Waals surface area contributed by atoms with Gasteiger partial charge in [0.1, 0.15) is 6.04 Å². The zero-order chi connectivity index (χ0) is 10.8. The Morgan fingerprint density at radius 1 is 1.13 bits per heavy atom. The maximum atomic E-state index is 10.8. The molecular weight excluding hydrogens is 188 g/mol. The molecule has 15 heavy (non-hydrogen) atoms. The molecule has 1 amide bonds. The third kappa shape index (κ3) is 1.82. The number of amides is 1. The SMILES string of the molecule is [NH]C(=O)[C@H](N)c1ccc2ccccc2c1. The number of nitrogens with one attached hydrogen (secondary N) is 1. The average molecular weight is 199 g/mol. The highest BCUT2D eigenvalue weighted by Crippen LogP contribution is 2.19. The summed E-state index contributed by atoms with van der Waals surface area (Å²) in [6.07, 6.45) is 0. The summed E-state index contributed by atoms with van der Waals surface area (Å²) in [5.41, 5.74) is 13.2. The number of carbonyl (C=O) groups is 1. The van der Waals surface area contributed by atoms with Gasteiger partial charge in [-0.15, -0.1) is 0 Å². The first-order valence-corrected chi connectivity index (χ1v) is 4.68. The Kier molecular flexibility index (Phi) is 2.39. The minimum absolute atomic E-state index is 0.689. The summed E-state index contributed by atoms with van der Waals surface area (Å²) in [5.74, 6) is -0.759. The molecule has 2 aromatic rings. The fourth-order valence-electron chi connectivity index (χ4n) is 1.55. The first kappa shape index (κ1) is 9.68. The van der Waals surface area contributed by atoms with Crippen molar-refractivity contribution in [2.45, 2.75) is 6.04 Å². The third-order valence-electron chi connectivity index (χ3n) is 2.42. The van der Waals surface area contributed by atoms with E-state index in [9.17, 15) is 4.79 Å². The standard InChI is InChI=1S/C12H11N2O/c13-11(12(14)15)10-6-5-8-3-1-2-4-9(8)7-10/h1-7,11,14H,13H2/t11-/m1/s1. The van der Waals surface area contributed by atoms with E-state index in [0.29, 0.717) is 5.56 Å². The van der Waals surface area contributed by atoms with E-state index in [2.05, 4.69) is 0 Å². The van der Waals surface area contributed by atoms with Gasteiger partial charge in [0.2, 0.25) is 0 Å². The highest BCUT2D eigenvalue weighted by atomic mass is 16.1. The molecule has 0 spiro atoms. The Bertz CT molecular complexity index is 508. The summed E-state index contributed by atoms with van der Waals surface area (Å²) in [6, 6.07) is 12.6. The van der Waals surface area contributed by atoms with Gasteiger partial charge in [0.05, 0.1) is 0 Å². The topological polar surface area (TPSA) is 66.9 Å². The second kappa shape index (κ2) is 3.71. The normalized spacial score (nSPS) is 12.6. The van der Waals surface area contributed by atoms with Crippen molar-refractivity contribution < 1.29 is 4.79 Å². The van der Waals surface area contributed by atoms with Crippen molar-refractivity contribution in [3.8, 4) is 0 Å². The van der Waals surface area contributed by atoms with Crippen LogP contribution < -0.4 is 11.5 Å². The van der Waals surface area contributed by atoms with E-state index in [1.807, 2.05) is 36.4 Å². The van der Waals surface area contributed by atoms with Crippen LogP contribution in [0.5, 0.6) is 0 Å². The molecular formula is C12H11N2O. The van der Waals surface area contributed by atoms with Crippen LogP contribution in [0.25, 0.3) is 10.8 Å². The monoisotopic (exact) mass is 199 g/mol. The van der Waals surface area contributed by atoms with Crippen molar-refractivity contribution in [3.05, 3.63) is 48.0 Å². The molecule has 3 nitrogen and oxygen atoms in total. The lowest BCUT2D eigenvalue weighted by atomic mass is 10.0. The summed E-state index contributed by atoms with van der Waals surface area (Å²) in [6.45, 7) is 0. The van der Waals surface area contributed by atoms with E-state index in [-0.39, 0.29) is 0 Å². The van der Waals surface area contributed by atoms with E-state index in [1.165, 1.54) is 0 Å². The Morgan fingerprint density at radius 2 is 1.80 bits per heavy atom. The lowest BCUT2D eigenvalue weighted by Crippen LogP contribution is -2.21. The molecule has 0 aliphatic rings. The number of carbonyl (C=O) groups excluding carboxylic acids is 1. The van der Waals surface area contributed by atoms with Crippen LogP contribution in [0.15, 0.2) is 42.5 Å². The van der Waals surface area contributed by atoms with Crippen molar-refractivity contribution in [3.63, 3.8) is 0 Å². The molecule has 0 aliphatic heterocycles. The molecule has 0 aromatic heterocycles. The lowest BCUT2D eigenvalue weighted by molar-refractivity contribution is -0.120. The smallest absolute Gasteiger partial charge is 0.259 e. The predicted octanol–water partition coefficient (Wildman–Crippen LogP) is 1.65. The number of benzene rings is 2. The van der Waals surface area contributed by atoms with Gasteiger partial charge in [0, 0.05) is 0 Å². The largest absolute Gasteiger partial charge is 0.316 e. The summed E-state index contributed by atoms with van der Waals surface area (Å²) >= 11 is 0. The molecule has 0 aliphatic carbocycles. The molecule has 2 rings (SSSR count). The van der Waals surface area contributed by atoms with Gasteiger partial charge in [-0.25, -0.2) is 0 Å². The number of hydrogen-bond donors (Lipinski definition) is 1. The van der Waals surface area contributed by atoms with Crippen LogP contribution in [0.4, 0.5) is 0 Å². The highest BCUT2D eigenvalue weighted by Gasteiger charge is 2.12. The first-order valence-electron chi connectivity index (χ1n) is 4.68. The minimum Gasteiger partial charge on any atom is -0.316 e. The van der Waals surface area contributed by atoms with E-state index in [0.717, 1.165) is 10.8 Å². The van der Waals surface area contributed by atoms with Crippen molar-refractivity contribution in [2.24, 2.45) is 5.73 Å². The molecule has 1 radical (unpaired) electrons. The molecule has 0 bridgehead atoms. The Balaban J connectivity index is 2.51. The fourth-order valence-corrected chi connectivity index (χ4v) is 1.55. The zero-order valence-corrected chi connectivity index (χ0v) is 8.10. The first-order chi connectivity index (χ1) is 7.18. The van der Waals surface area contributed by atoms with E-state index < -0.39 is 11.9 Å². The molecule has 0 fully saturated rings. The van der Waals surface area contributed by atoms with Crippen molar-refractivity contribution in [1.29, 1.82) is 0 Å². The fraction of sp³-hybridized carbons (Fsp3) is 0.0833. The van der Waals surface area contributed by atoms with Gasteiger partial charge < -0.3 is 5.73 Å². The molecule has 3 heteroatoms. The molecule has 0 saturated carbocycles. The van der Waals surface area contributed by atoms with Crippen LogP contribution in [-0.2, 0) is 4.79 Å². The molecule has 0 heterocycles. The molecule has 75 valence electrons. The van der Waals surface area contributed by atoms with Gasteiger partial charge >= 0.3 is 0 Å². The summed E-state index contributed by atoms with van der Waals surface area (Å²) in [7, 11) is 0. The summed E-state index contributed by atoms with van der Waals surface area (Å²) in [4.78, 5) is 10.8. The Hall–Kier alpha value is -1.87. The third-order valence-corrected chi connectivity index (χ3v) is 2.42. The summed E-state index contributed by atoms with van der Waals surface area (Å²) < 4.78 is 0. The van der Waals surface area contributed by atoms with Gasteiger partial charge in [0.15, 0.2) is 0 Å². The number of nitrogens with two attached hydrogens (primary N) is 1. The van der Waals surface area contributed by atoms with E-state index in [4.69, 9.17) is 11.5 Å². The van der Waals surface area contributed by atoms with Crippen molar-refractivity contribution >= 4 is 16.7 Å². The van der Waals surface area contributed by atoms with Crippen molar-refractivity contribution in [2.75, 3.05) is 0 Å². The maximum absolute atomic E-state index is 10.8. The van der Waals surface area contributed by atoms with Gasteiger partial charge in [-0.1, -0.05) is 36.4 Å². The number of rotatable bonds is 2. The van der Waals surface area contributed by atoms with Crippen LogP contribution in [0, 0.1) is 0 Å². The summed E-state index contributed by atoms with van der Waals surface area (Å²) in [5, 5.41) is 2.14. The lowest BCUT2D eigenvalue weighted by Gasteiger charge is -2.07. The van der Waals surface area contributed by atoms with Crippen LogP contribution in [0.3, 0.4) is 0 Å². The number of hydrogen-bond acceptors (Lipinski definition) is 2. The Morgan fingerprint density at radius 3 is 2.47 bits per heavy atom. The van der Waals surface area contributed by atoms with Crippen LogP contribution in [-0.4, -0.2) is 5.91 Å². The molecule has 2 aromatic carbocycles. The van der Waals surface area contributed by atoms with Crippen LogP contribution in [0.2, 0.25) is 0 Å². The predicted molar refractivity (Wildman–Crippen MR) is 59.0 cm³/mol. The zero-order valence-electron chi connectivity index (χ0n) is 8.10. The van der Waals surface area contributed by atoms with Gasteiger partial charge in [-0.05, 0) is 22.4 Å². The van der Waals surface area contributed by atoms with Gasteiger partial charge in [0.25, 0.3) is 5.91 Å².